The Morgan fingerprint density at radius 2 is 1.67 bits per heavy atom. The highest BCUT2D eigenvalue weighted by molar-refractivity contribution is 6.45. The van der Waals surface area contributed by atoms with Crippen LogP contribution in [-0.2, 0) is 33.7 Å². The molecule has 0 bridgehead atoms. The first-order valence-electron chi connectivity index (χ1n) is 13.4. The van der Waals surface area contributed by atoms with Crippen LogP contribution in [0.1, 0.15) is 70.0 Å². The second kappa shape index (κ2) is 13.0. The van der Waals surface area contributed by atoms with Crippen molar-refractivity contribution in [2.45, 2.75) is 90.2 Å². The molecule has 1 fully saturated rings. The number of hydrogen-bond donors (Lipinski definition) is 2. The Bertz CT molecular complexity index is 1190. The van der Waals surface area contributed by atoms with Gasteiger partial charge in [0.1, 0.15) is 6.54 Å². The molecule has 208 valence electrons. The number of nitrogens with one attached hydrogen (secondary N) is 2. The van der Waals surface area contributed by atoms with Crippen LogP contribution < -0.4 is 10.6 Å². The fourth-order valence-electron chi connectivity index (χ4n) is 4.38. The summed E-state index contributed by atoms with van der Waals surface area (Å²) in [4.78, 5) is 16.8. The summed E-state index contributed by atoms with van der Waals surface area (Å²) >= 11 is 5.95. The molecule has 4 rings (SSSR count). The lowest BCUT2D eigenvalue weighted by Crippen LogP contribution is -2.41. The van der Waals surface area contributed by atoms with E-state index in [2.05, 4.69) is 58.8 Å². The molecule has 1 aromatic carbocycles. The minimum absolute atomic E-state index is 0.0251. The van der Waals surface area contributed by atoms with Crippen LogP contribution in [-0.4, -0.2) is 49.4 Å². The van der Waals surface area contributed by atoms with Gasteiger partial charge in [-0.1, -0.05) is 36.6 Å². The number of nitrogens with zero attached hydrogens (tertiary/aromatic N) is 5. The molecule has 0 radical (unpaired) electrons. The zero-order valence-corrected chi connectivity index (χ0v) is 23.8. The molecule has 1 saturated heterocycles. The summed E-state index contributed by atoms with van der Waals surface area (Å²) < 4.78 is 13.8. The average Bonchev–Trinajstić information content (AvgIpc) is 3.43. The molecule has 3 heterocycles. The minimum atomic E-state index is -0.331. The summed E-state index contributed by atoms with van der Waals surface area (Å²) in [6, 6.07) is 11.2. The van der Waals surface area contributed by atoms with Crippen molar-refractivity contribution < 1.29 is 14.1 Å². The van der Waals surface area contributed by atoms with Gasteiger partial charge in [-0.15, -0.1) is 5.10 Å². The van der Waals surface area contributed by atoms with Crippen molar-refractivity contribution in [2.75, 3.05) is 0 Å². The molecule has 0 spiro atoms. The second-order valence-corrected chi connectivity index (χ2v) is 11.3. The Hall–Kier alpha value is -2.86. The maximum atomic E-state index is 12.7. The molecule has 1 aliphatic heterocycles. The van der Waals surface area contributed by atoms with Gasteiger partial charge in [-0.2, -0.15) is 0 Å². The summed E-state index contributed by atoms with van der Waals surface area (Å²) in [5.41, 5.74) is 1.40. The molecule has 1 unspecified atom stereocenters. The molecule has 39 heavy (non-hydrogen) atoms. The van der Waals surface area contributed by atoms with E-state index in [0.717, 1.165) is 36.7 Å². The molecule has 12 heteroatoms. The topological polar surface area (TPSA) is 116 Å². The number of pyridine rings is 1. The SMILES string of the molecule is CC1(C)OB(CCCCC(NCc2ccncc2)c2nnnn2CC(=O)NCc2ccc(Cl)cc2)OC1(C)C. The summed E-state index contributed by atoms with van der Waals surface area (Å²) in [5, 5.41) is 19.4. The van der Waals surface area contributed by atoms with E-state index in [1.807, 2.05) is 24.3 Å². The van der Waals surface area contributed by atoms with Crippen molar-refractivity contribution in [1.29, 1.82) is 0 Å². The lowest BCUT2D eigenvalue weighted by Gasteiger charge is -2.32. The van der Waals surface area contributed by atoms with E-state index in [9.17, 15) is 4.79 Å². The summed E-state index contributed by atoms with van der Waals surface area (Å²) in [5.74, 6) is 0.452. The number of amides is 1. The Morgan fingerprint density at radius 3 is 2.36 bits per heavy atom. The Balaban J connectivity index is 1.35. The van der Waals surface area contributed by atoms with Gasteiger partial charge in [-0.25, -0.2) is 4.68 Å². The molecular weight excluding hydrogens is 517 g/mol. The van der Waals surface area contributed by atoms with Gasteiger partial charge in [0, 0.05) is 30.5 Å². The van der Waals surface area contributed by atoms with Crippen LogP contribution in [0.25, 0.3) is 0 Å². The number of aromatic nitrogens is 5. The van der Waals surface area contributed by atoms with Crippen molar-refractivity contribution in [1.82, 2.24) is 35.8 Å². The first-order valence-corrected chi connectivity index (χ1v) is 13.8. The number of hydrogen-bond acceptors (Lipinski definition) is 8. The maximum Gasteiger partial charge on any atom is 0.457 e. The summed E-state index contributed by atoms with van der Waals surface area (Å²) in [6.45, 7) is 9.32. The van der Waals surface area contributed by atoms with Gasteiger partial charge < -0.3 is 19.9 Å². The van der Waals surface area contributed by atoms with Crippen molar-refractivity contribution in [3.63, 3.8) is 0 Å². The van der Waals surface area contributed by atoms with E-state index in [0.29, 0.717) is 23.9 Å². The number of rotatable bonds is 13. The van der Waals surface area contributed by atoms with Crippen LogP contribution in [0.15, 0.2) is 48.8 Å². The van der Waals surface area contributed by atoms with Gasteiger partial charge in [0.15, 0.2) is 5.82 Å². The fraction of sp³-hybridized carbons (Fsp3) is 0.519. The number of unbranched alkanes of at least 4 members (excludes halogenated alkanes) is 1. The van der Waals surface area contributed by atoms with Crippen molar-refractivity contribution in [3.05, 3.63) is 70.8 Å². The molecule has 1 amide bonds. The molecule has 0 saturated carbocycles. The lowest BCUT2D eigenvalue weighted by molar-refractivity contribution is -0.122. The van der Waals surface area contributed by atoms with Crippen LogP contribution in [0.2, 0.25) is 11.3 Å². The zero-order chi connectivity index (χ0) is 27.9. The number of halogens is 1. The smallest absolute Gasteiger partial charge is 0.403 e. The highest BCUT2D eigenvalue weighted by Gasteiger charge is 2.50. The lowest BCUT2D eigenvalue weighted by atomic mass is 9.82. The van der Waals surface area contributed by atoms with Crippen LogP contribution in [0.3, 0.4) is 0 Å². The largest absolute Gasteiger partial charge is 0.457 e. The monoisotopic (exact) mass is 553 g/mol. The van der Waals surface area contributed by atoms with Crippen LogP contribution in [0.5, 0.6) is 0 Å². The average molecular weight is 554 g/mol. The second-order valence-electron chi connectivity index (χ2n) is 10.9. The Labute approximate surface area is 235 Å². The van der Waals surface area contributed by atoms with E-state index in [4.69, 9.17) is 20.9 Å². The Morgan fingerprint density at radius 1 is 1.00 bits per heavy atom. The first kappa shape index (κ1) is 29.1. The molecule has 1 aliphatic rings. The maximum absolute atomic E-state index is 12.7. The third-order valence-corrected chi connectivity index (χ3v) is 7.61. The van der Waals surface area contributed by atoms with Gasteiger partial charge in [0.2, 0.25) is 5.91 Å². The molecule has 1 atom stereocenters. The standard InChI is InChI=1S/C27H37BClN7O3/c1-26(2)27(3,4)39-28(38-26)14-6-5-7-23(31-17-21-12-15-30-16-13-21)25-33-34-35-36(25)19-24(37)32-18-20-8-10-22(29)11-9-20/h8-13,15-16,23,31H,5-7,14,17-19H2,1-4H3,(H,32,37). The van der Waals surface area contributed by atoms with E-state index < -0.39 is 0 Å². The predicted molar refractivity (Wildman–Crippen MR) is 150 cm³/mol. The zero-order valence-electron chi connectivity index (χ0n) is 23.1. The molecular formula is C27H37BClN7O3. The van der Waals surface area contributed by atoms with Crippen molar-refractivity contribution in [3.8, 4) is 0 Å². The first-order chi connectivity index (χ1) is 18.6. The molecule has 2 N–H and O–H groups in total. The summed E-state index contributed by atoms with van der Waals surface area (Å²) in [7, 11) is -0.215. The molecule has 0 aliphatic carbocycles. The van der Waals surface area contributed by atoms with Gasteiger partial charge in [-0.05, 0) is 86.3 Å². The van der Waals surface area contributed by atoms with Gasteiger partial charge >= 0.3 is 7.12 Å². The van der Waals surface area contributed by atoms with Crippen LogP contribution in [0, 0.1) is 0 Å². The normalized spacial score (nSPS) is 16.8. The molecule has 10 nitrogen and oxygen atoms in total. The van der Waals surface area contributed by atoms with Gasteiger partial charge in [0.05, 0.1) is 17.2 Å². The highest BCUT2D eigenvalue weighted by atomic mass is 35.5. The third-order valence-electron chi connectivity index (χ3n) is 7.35. The van der Waals surface area contributed by atoms with E-state index in [1.54, 1.807) is 29.2 Å². The molecule has 2 aromatic heterocycles. The number of benzene rings is 1. The number of carbonyl (C=O) groups excluding carboxylic acids is 1. The third kappa shape index (κ3) is 8.08. The van der Waals surface area contributed by atoms with E-state index in [-0.39, 0.29) is 36.8 Å². The number of tetrazole rings is 1. The van der Waals surface area contributed by atoms with Crippen molar-refractivity contribution >= 4 is 24.6 Å². The van der Waals surface area contributed by atoms with Gasteiger partial charge in [-0.3, -0.25) is 9.78 Å². The highest BCUT2D eigenvalue weighted by Crippen LogP contribution is 2.38. The quantitative estimate of drug-likeness (QED) is 0.240. The minimum Gasteiger partial charge on any atom is -0.403 e. The molecule has 3 aromatic rings. The van der Waals surface area contributed by atoms with E-state index >= 15 is 0 Å². The summed E-state index contributed by atoms with van der Waals surface area (Å²) in [6.07, 6.45) is 6.97. The fourth-order valence-corrected chi connectivity index (χ4v) is 4.50. The van der Waals surface area contributed by atoms with Crippen LogP contribution in [0.4, 0.5) is 0 Å². The predicted octanol–water partition coefficient (Wildman–Crippen LogP) is 4.13. The van der Waals surface area contributed by atoms with E-state index in [1.165, 1.54) is 0 Å². The Kier molecular flexibility index (Phi) is 9.71. The number of carbonyl (C=O) groups is 1. The van der Waals surface area contributed by atoms with Gasteiger partial charge in [0.25, 0.3) is 0 Å². The van der Waals surface area contributed by atoms with Crippen LogP contribution >= 0.6 is 11.6 Å². The van der Waals surface area contributed by atoms with Crippen molar-refractivity contribution in [2.24, 2.45) is 0 Å².